The summed E-state index contributed by atoms with van der Waals surface area (Å²) in [5.74, 6) is 1.53. The van der Waals surface area contributed by atoms with Gasteiger partial charge in [0.1, 0.15) is 11.6 Å². The van der Waals surface area contributed by atoms with Crippen LogP contribution in [0.3, 0.4) is 0 Å². The van der Waals surface area contributed by atoms with E-state index in [1.807, 2.05) is 43.3 Å². The van der Waals surface area contributed by atoms with E-state index in [4.69, 9.17) is 9.47 Å². The number of nitrogens with zero attached hydrogens (tertiary/aromatic N) is 2. The molecule has 0 radical (unpaired) electrons. The van der Waals surface area contributed by atoms with Crippen LogP contribution in [0, 0.1) is 0 Å². The molecule has 2 rings (SSSR count). The Bertz CT molecular complexity index is 529. The SMILES string of the molecule is CCOCCNc1ccc(-c2ccccc2OC)nn1. The number of aromatic nitrogens is 2. The smallest absolute Gasteiger partial charge is 0.148 e. The van der Waals surface area contributed by atoms with Crippen molar-refractivity contribution in [1.29, 1.82) is 0 Å². The van der Waals surface area contributed by atoms with Gasteiger partial charge in [0, 0.05) is 18.7 Å². The molecule has 0 amide bonds. The van der Waals surface area contributed by atoms with Gasteiger partial charge in [-0.2, -0.15) is 0 Å². The van der Waals surface area contributed by atoms with Crippen LogP contribution in [0.1, 0.15) is 6.92 Å². The molecule has 0 saturated carbocycles. The number of nitrogens with one attached hydrogen (secondary N) is 1. The van der Waals surface area contributed by atoms with Crippen LogP contribution in [0.15, 0.2) is 36.4 Å². The number of benzene rings is 1. The van der Waals surface area contributed by atoms with Crippen molar-refractivity contribution < 1.29 is 9.47 Å². The molecule has 1 aromatic carbocycles. The molecule has 1 N–H and O–H groups in total. The third kappa shape index (κ3) is 3.68. The maximum Gasteiger partial charge on any atom is 0.148 e. The summed E-state index contributed by atoms with van der Waals surface area (Å²) in [5.41, 5.74) is 1.72. The highest BCUT2D eigenvalue weighted by Crippen LogP contribution is 2.27. The lowest BCUT2D eigenvalue weighted by Crippen LogP contribution is -2.10. The number of para-hydroxylation sites is 1. The normalized spacial score (nSPS) is 10.3. The minimum Gasteiger partial charge on any atom is -0.496 e. The second-order valence-electron chi connectivity index (χ2n) is 4.13. The zero-order valence-corrected chi connectivity index (χ0v) is 11.8. The number of ether oxygens (including phenoxy) is 2. The van der Waals surface area contributed by atoms with Crippen LogP contribution in [0.5, 0.6) is 5.75 Å². The van der Waals surface area contributed by atoms with Crippen molar-refractivity contribution in [2.24, 2.45) is 0 Å². The molecular weight excluding hydrogens is 254 g/mol. The van der Waals surface area contributed by atoms with E-state index >= 15 is 0 Å². The fourth-order valence-electron chi connectivity index (χ4n) is 1.82. The molecule has 0 bridgehead atoms. The first-order valence-electron chi connectivity index (χ1n) is 6.64. The average molecular weight is 273 g/mol. The molecule has 2 aromatic rings. The lowest BCUT2D eigenvalue weighted by Gasteiger charge is -2.08. The van der Waals surface area contributed by atoms with Crippen molar-refractivity contribution in [2.45, 2.75) is 6.92 Å². The summed E-state index contributed by atoms with van der Waals surface area (Å²) in [5, 5.41) is 11.5. The second-order valence-corrected chi connectivity index (χ2v) is 4.13. The average Bonchev–Trinajstić information content (AvgIpc) is 2.52. The van der Waals surface area contributed by atoms with Gasteiger partial charge in [0.05, 0.1) is 19.4 Å². The predicted molar refractivity (Wildman–Crippen MR) is 79.0 cm³/mol. The van der Waals surface area contributed by atoms with Crippen LogP contribution < -0.4 is 10.1 Å². The summed E-state index contributed by atoms with van der Waals surface area (Å²) in [4.78, 5) is 0. The van der Waals surface area contributed by atoms with Crippen molar-refractivity contribution in [2.75, 3.05) is 32.2 Å². The summed E-state index contributed by atoms with van der Waals surface area (Å²) in [7, 11) is 1.65. The summed E-state index contributed by atoms with van der Waals surface area (Å²) in [6, 6.07) is 11.6. The van der Waals surface area contributed by atoms with E-state index < -0.39 is 0 Å². The Balaban J connectivity index is 2.04. The summed E-state index contributed by atoms with van der Waals surface area (Å²) in [6.07, 6.45) is 0. The molecule has 0 spiro atoms. The zero-order valence-electron chi connectivity index (χ0n) is 11.8. The van der Waals surface area contributed by atoms with E-state index in [0.717, 1.165) is 36.0 Å². The summed E-state index contributed by atoms with van der Waals surface area (Å²) < 4.78 is 10.6. The predicted octanol–water partition coefficient (Wildman–Crippen LogP) is 2.60. The molecule has 0 aliphatic rings. The van der Waals surface area contributed by atoms with Crippen LogP contribution >= 0.6 is 0 Å². The molecule has 5 nitrogen and oxygen atoms in total. The molecule has 1 aromatic heterocycles. The van der Waals surface area contributed by atoms with E-state index in [1.54, 1.807) is 7.11 Å². The topological polar surface area (TPSA) is 56.3 Å². The highest BCUT2D eigenvalue weighted by molar-refractivity contribution is 5.67. The van der Waals surface area contributed by atoms with Crippen molar-refractivity contribution in [1.82, 2.24) is 10.2 Å². The van der Waals surface area contributed by atoms with Crippen LogP contribution in [0.25, 0.3) is 11.3 Å². The minimum atomic E-state index is 0.659. The van der Waals surface area contributed by atoms with Gasteiger partial charge >= 0.3 is 0 Å². The molecule has 0 saturated heterocycles. The number of hydrogen-bond donors (Lipinski definition) is 1. The third-order valence-corrected chi connectivity index (χ3v) is 2.80. The molecular formula is C15H19N3O2. The Hall–Kier alpha value is -2.14. The molecule has 20 heavy (non-hydrogen) atoms. The number of rotatable bonds is 7. The Kier molecular flexibility index (Phi) is 5.32. The van der Waals surface area contributed by atoms with Gasteiger partial charge in [-0.15, -0.1) is 10.2 Å². The van der Waals surface area contributed by atoms with E-state index in [0.29, 0.717) is 6.61 Å². The Morgan fingerprint density at radius 1 is 1.10 bits per heavy atom. The molecule has 0 aliphatic carbocycles. The summed E-state index contributed by atoms with van der Waals surface area (Å²) in [6.45, 7) is 4.07. The van der Waals surface area contributed by atoms with Crippen molar-refractivity contribution in [3.8, 4) is 17.0 Å². The fourth-order valence-corrected chi connectivity index (χ4v) is 1.82. The molecule has 1 heterocycles. The highest BCUT2D eigenvalue weighted by atomic mass is 16.5. The maximum absolute atomic E-state index is 5.32. The van der Waals surface area contributed by atoms with Crippen LogP contribution in [-0.2, 0) is 4.74 Å². The molecule has 0 aliphatic heterocycles. The van der Waals surface area contributed by atoms with Gasteiger partial charge in [0.2, 0.25) is 0 Å². The Labute approximate surface area is 118 Å². The highest BCUT2D eigenvalue weighted by Gasteiger charge is 2.06. The molecule has 5 heteroatoms. The van der Waals surface area contributed by atoms with Crippen LogP contribution in [0.2, 0.25) is 0 Å². The largest absolute Gasteiger partial charge is 0.496 e. The van der Waals surface area contributed by atoms with Gasteiger partial charge < -0.3 is 14.8 Å². The zero-order chi connectivity index (χ0) is 14.2. The lowest BCUT2D eigenvalue weighted by atomic mass is 10.1. The fraction of sp³-hybridized carbons (Fsp3) is 0.333. The van der Waals surface area contributed by atoms with Crippen molar-refractivity contribution >= 4 is 5.82 Å². The Morgan fingerprint density at radius 3 is 2.65 bits per heavy atom. The third-order valence-electron chi connectivity index (χ3n) is 2.80. The molecule has 0 fully saturated rings. The first kappa shape index (κ1) is 14.3. The molecule has 0 unspecified atom stereocenters. The van der Waals surface area contributed by atoms with Crippen LogP contribution in [0.4, 0.5) is 5.82 Å². The minimum absolute atomic E-state index is 0.659. The van der Waals surface area contributed by atoms with E-state index in [1.165, 1.54) is 0 Å². The lowest BCUT2D eigenvalue weighted by molar-refractivity contribution is 0.158. The summed E-state index contributed by atoms with van der Waals surface area (Å²) >= 11 is 0. The van der Waals surface area contributed by atoms with Gasteiger partial charge in [-0.05, 0) is 31.2 Å². The van der Waals surface area contributed by atoms with Gasteiger partial charge in [-0.25, -0.2) is 0 Å². The Morgan fingerprint density at radius 2 is 1.95 bits per heavy atom. The monoisotopic (exact) mass is 273 g/mol. The number of hydrogen-bond acceptors (Lipinski definition) is 5. The van der Waals surface area contributed by atoms with E-state index in [2.05, 4.69) is 15.5 Å². The van der Waals surface area contributed by atoms with Gasteiger partial charge in [-0.3, -0.25) is 0 Å². The first-order chi connectivity index (χ1) is 9.85. The van der Waals surface area contributed by atoms with E-state index in [-0.39, 0.29) is 0 Å². The molecule has 106 valence electrons. The number of anilines is 1. The van der Waals surface area contributed by atoms with Crippen molar-refractivity contribution in [3.05, 3.63) is 36.4 Å². The van der Waals surface area contributed by atoms with E-state index in [9.17, 15) is 0 Å². The van der Waals surface area contributed by atoms with Crippen molar-refractivity contribution in [3.63, 3.8) is 0 Å². The van der Waals surface area contributed by atoms with Gasteiger partial charge in [0.25, 0.3) is 0 Å². The standard InChI is InChI=1S/C15H19N3O2/c1-3-20-11-10-16-15-9-8-13(17-18-15)12-6-4-5-7-14(12)19-2/h4-9H,3,10-11H2,1-2H3,(H,16,18). The quantitative estimate of drug-likeness (QED) is 0.786. The van der Waals surface area contributed by atoms with Crippen LogP contribution in [-0.4, -0.2) is 37.1 Å². The first-order valence-corrected chi connectivity index (χ1v) is 6.64. The van der Waals surface area contributed by atoms with Gasteiger partial charge in [0.15, 0.2) is 0 Å². The molecule has 0 atom stereocenters. The second kappa shape index (κ2) is 7.45. The number of methoxy groups -OCH3 is 1. The van der Waals surface area contributed by atoms with Gasteiger partial charge in [-0.1, -0.05) is 12.1 Å². The maximum atomic E-state index is 5.32.